The highest BCUT2D eigenvalue weighted by molar-refractivity contribution is 6.09. The first-order valence-corrected chi connectivity index (χ1v) is 7.91. The number of urea groups is 1. The Morgan fingerprint density at radius 1 is 1.42 bits per heavy atom. The van der Waals surface area contributed by atoms with Gasteiger partial charge in [0.2, 0.25) is 5.91 Å². The predicted molar refractivity (Wildman–Crippen MR) is 89.8 cm³/mol. The van der Waals surface area contributed by atoms with Gasteiger partial charge in [0.1, 0.15) is 17.9 Å². The number of nitro benzene ring substituents is 1. The first-order valence-electron chi connectivity index (χ1n) is 7.91. The number of halogens is 1. The van der Waals surface area contributed by atoms with Crippen LogP contribution in [0.4, 0.5) is 20.6 Å². The number of nitro groups is 1. The fraction of sp³-hybridized carbons (Fsp3) is 0.438. The largest absolute Gasteiger partial charge is 0.325 e. The molecule has 0 aliphatic carbocycles. The van der Waals surface area contributed by atoms with Crippen LogP contribution >= 0.6 is 0 Å². The second-order valence-electron chi connectivity index (χ2n) is 6.72. The number of carbonyl (C=O) groups excluding carboxylic acids is 3. The second kappa shape index (κ2) is 7.06. The fourth-order valence-corrected chi connectivity index (χ4v) is 2.90. The van der Waals surface area contributed by atoms with Crippen LogP contribution in [0.2, 0.25) is 0 Å². The fourth-order valence-electron chi connectivity index (χ4n) is 2.90. The zero-order valence-corrected chi connectivity index (χ0v) is 14.5. The zero-order chi connectivity index (χ0) is 19.6. The lowest BCUT2D eigenvalue weighted by molar-refractivity contribution is -0.384. The Bertz CT molecular complexity index is 782. The van der Waals surface area contributed by atoms with E-state index in [-0.39, 0.29) is 5.92 Å². The number of anilines is 1. The van der Waals surface area contributed by atoms with Crippen molar-refractivity contribution in [3.8, 4) is 0 Å². The number of hydrogen-bond acceptors (Lipinski definition) is 5. The van der Waals surface area contributed by atoms with E-state index in [9.17, 15) is 28.9 Å². The van der Waals surface area contributed by atoms with Crippen molar-refractivity contribution in [3.63, 3.8) is 0 Å². The second-order valence-corrected chi connectivity index (χ2v) is 6.72. The monoisotopic (exact) mass is 366 g/mol. The smallest absolute Gasteiger partial charge is 0.323 e. The maximum atomic E-state index is 13.7. The van der Waals surface area contributed by atoms with Crippen molar-refractivity contribution in [2.45, 2.75) is 32.7 Å². The van der Waals surface area contributed by atoms with E-state index < -0.39 is 52.0 Å². The molecule has 0 unspecified atom stereocenters. The van der Waals surface area contributed by atoms with Crippen LogP contribution in [0.25, 0.3) is 0 Å². The molecule has 0 bridgehead atoms. The number of carbonyl (C=O) groups is 3. The highest BCUT2D eigenvalue weighted by Gasteiger charge is 2.48. The summed E-state index contributed by atoms with van der Waals surface area (Å²) in [6, 6.07) is 1.95. The number of non-ortho nitro benzene ring substituents is 1. The van der Waals surface area contributed by atoms with Crippen molar-refractivity contribution in [2.75, 3.05) is 11.9 Å². The molecule has 0 spiro atoms. The van der Waals surface area contributed by atoms with Crippen molar-refractivity contribution in [3.05, 3.63) is 34.1 Å². The summed E-state index contributed by atoms with van der Waals surface area (Å²) in [5.74, 6) is -2.13. The van der Waals surface area contributed by atoms with Gasteiger partial charge in [-0.3, -0.25) is 24.6 Å². The molecule has 140 valence electrons. The van der Waals surface area contributed by atoms with Gasteiger partial charge >= 0.3 is 6.03 Å². The van der Waals surface area contributed by atoms with Gasteiger partial charge in [0.25, 0.3) is 11.6 Å². The Hall–Kier alpha value is -3.04. The topological polar surface area (TPSA) is 122 Å². The molecule has 1 saturated heterocycles. The maximum Gasteiger partial charge on any atom is 0.325 e. The van der Waals surface area contributed by atoms with Gasteiger partial charge in [0.05, 0.1) is 10.6 Å². The van der Waals surface area contributed by atoms with Crippen molar-refractivity contribution < 1.29 is 23.7 Å². The van der Waals surface area contributed by atoms with E-state index in [1.165, 1.54) is 0 Å². The van der Waals surface area contributed by atoms with Gasteiger partial charge in [0, 0.05) is 12.1 Å². The summed E-state index contributed by atoms with van der Waals surface area (Å²) in [7, 11) is 0. The lowest BCUT2D eigenvalue weighted by Gasteiger charge is -2.23. The SMILES string of the molecule is CC(C)C[C@]1(C)NC(=O)N(CC(=O)Nc2cc([N+](=O)[O-])ccc2F)C1=O. The van der Waals surface area contributed by atoms with Gasteiger partial charge in [0.15, 0.2) is 0 Å². The molecule has 1 atom stereocenters. The lowest BCUT2D eigenvalue weighted by Crippen LogP contribution is -2.45. The van der Waals surface area contributed by atoms with E-state index in [1.54, 1.807) is 6.92 Å². The van der Waals surface area contributed by atoms with Crippen LogP contribution in [-0.4, -0.2) is 39.8 Å². The molecule has 1 aromatic rings. The Morgan fingerprint density at radius 3 is 2.65 bits per heavy atom. The third-order valence-corrected chi connectivity index (χ3v) is 3.90. The minimum absolute atomic E-state index is 0.136. The quantitative estimate of drug-likeness (QED) is 0.453. The van der Waals surface area contributed by atoms with Crippen LogP contribution in [0, 0.1) is 21.8 Å². The van der Waals surface area contributed by atoms with E-state index >= 15 is 0 Å². The number of nitrogens with one attached hydrogen (secondary N) is 2. The summed E-state index contributed by atoms with van der Waals surface area (Å²) in [4.78, 5) is 47.4. The molecule has 10 heteroatoms. The zero-order valence-electron chi connectivity index (χ0n) is 14.5. The Morgan fingerprint density at radius 2 is 2.08 bits per heavy atom. The van der Waals surface area contributed by atoms with E-state index in [4.69, 9.17) is 0 Å². The Balaban J connectivity index is 2.11. The summed E-state index contributed by atoms with van der Waals surface area (Å²) in [5.41, 5.74) is -1.91. The first-order chi connectivity index (χ1) is 12.0. The molecule has 9 nitrogen and oxygen atoms in total. The molecule has 0 saturated carbocycles. The summed E-state index contributed by atoms with van der Waals surface area (Å²) in [5, 5.41) is 15.4. The summed E-state index contributed by atoms with van der Waals surface area (Å²) in [6.07, 6.45) is 0.398. The van der Waals surface area contributed by atoms with E-state index in [0.29, 0.717) is 6.42 Å². The average Bonchev–Trinajstić information content (AvgIpc) is 2.71. The van der Waals surface area contributed by atoms with Crippen LogP contribution < -0.4 is 10.6 Å². The third-order valence-electron chi connectivity index (χ3n) is 3.90. The lowest BCUT2D eigenvalue weighted by atomic mass is 9.91. The average molecular weight is 366 g/mol. The molecule has 2 rings (SSSR count). The van der Waals surface area contributed by atoms with Gasteiger partial charge in [-0.05, 0) is 25.3 Å². The van der Waals surface area contributed by atoms with E-state index in [2.05, 4.69) is 10.6 Å². The highest BCUT2D eigenvalue weighted by Crippen LogP contribution is 2.25. The molecule has 1 aromatic carbocycles. The third kappa shape index (κ3) is 3.95. The summed E-state index contributed by atoms with van der Waals surface area (Å²) < 4.78 is 13.7. The normalized spacial score (nSPS) is 19.7. The number of nitrogens with zero attached hydrogens (tertiary/aromatic N) is 2. The predicted octanol–water partition coefficient (Wildman–Crippen LogP) is 2.03. The molecule has 1 aliphatic heterocycles. The van der Waals surface area contributed by atoms with Gasteiger partial charge in [-0.15, -0.1) is 0 Å². The molecule has 0 aromatic heterocycles. The van der Waals surface area contributed by atoms with Crippen molar-refractivity contribution in [1.82, 2.24) is 10.2 Å². The molecule has 26 heavy (non-hydrogen) atoms. The summed E-state index contributed by atoms with van der Waals surface area (Å²) in [6.45, 7) is 4.74. The number of imide groups is 1. The molecular weight excluding hydrogens is 347 g/mol. The first kappa shape index (κ1) is 19.3. The standard InChI is InChI=1S/C16H19FN4O5/c1-9(2)7-16(3)14(23)20(15(24)19-16)8-13(22)18-12-6-10(21(25)26)4-5-11(12)17/h4-6,9H,7-8H2,1-3H3,(H,18,22)(H,19,24)/t16-/m0/s1. The molecule has 1 heterocycles. The minimum atomic E-state index is -1.11. The van der Waals surface area contributed by atoms with Gasteiger partial charge in [-0.2, -0.15) is 0 Å². The number of hydrogen-bond donors (Lipinski definition) is 2. The minimum Gasteiger partial charge on any atom is -0.323 e. The molecular formula is C16H19FN4O5. The summed E-state index contributed by atoms with van der Waals surface area (Å²) >= 11 is 0. The highest BCUT2D eigenvalue weighted by atomic mass is 19.1. The molecule has 2 N–H and O–H groups in total. The van der Waals surface area contributed by atoms with Crippen molar-refractivity contribution >= 4 is 29.2 Å². The van der Waals surface area contributed by atoms with Crippen LogP contribution in [0.3, 0.4) is 0 Å². The Kier molecular flexibility index (Phi) is 5.24. The number of rotatable bonds is 6. The number of amides is 4. The van der Waals surface area contributed by atoms with Crippen molar-refractivity contribution in [1.29, 1.82) is 0 Å². The van der Waals surface area contributed by atoms with Crippen LogP contribution in [0.5, 0.6) is 0 Å². The number of benzene rings is 1. The van der Waals surface area contributed by atoms with Crippen LogP contribution in [-0.2, 0) is 9.59 Å². The van der Waals surface area contributed by atoms with E-state index in [0.717, 1.165) is 23.1 Å². The van der Waals surface area contributed by atoms with Crippen LogP contribution in [0.15, 0.2) is 18.2 Å². The van der Waals surface area contributed by atoms with Crippen molar-refractivity contribution in [2.24, 2.45) is 5.92 Å². The maximum absolute atomic E-state index is 13.7. The van der Waals surface area contributed by atoms with Crippen LogP contribution in [0.1, 0.15) is 27.2 Å². The molecule has 0 radical (unpaired) electrons. The van der Waals surface area contributed by atoms with Gasteiger partial charge in [-0.25, -0.2) is 9.18 Å². The molecule has 1 aliphatic rings. The Labute approximate surface area is 148 Å². The van der Waals surface area contributed by atoms with E-state index in [1.807, 2.05) is 13.8 Å². The molecule has 4 amide bonds. The van der Waals surface area contributed by atoms with Gasteiger partial charge < -0.3 is 10.6 Å². The van der Waals surface area contributed by atoms with Gasteiger partial charge in [-0.1, -0.05) is 13.8 Å². The molecule has 1 fully saturated rings.